The lowest BCUT2D eigenvalue weighted by Gasteiger charge is -1.95. The lowest BCUT2D eigenvalue weighted by Crippen LogP contribution is -2.06. The van der Waals surface area contributed by atoms with Gasteiger partial charge < -0.3 is 4.57 Å². The van der Waals surface area contributed by atoms with E-state index in [4.69, 9.17) is 0 Å². The molecule has 0 fully saturated rings. The molecule has 2 aromatic heterocycles. The first kappa shape index (κ1) is 10.0. The predicted molar refractivity (Wildman–Crippen MR) is 58.2 cm³/mol. The van der Waals surface area contributed by atoms with Crippen LogP contribution in [0.5, 0.6) is 0 Å². The van der Waals surface area contributed by atoms with E-state index < -0.39 is 0 Å². The number of carbonyl (C=O) groups is 1. The highest BCUT2D eigenvalue weighted by Crippen LogP contribution is 2.22. The summed E-state index contributed by atoms with van der Waals surface area (Å²) in [5.74, 6) is 0.326. The molecule has 0 unspecified atom stereocenters. The Balaban J connectivity index is 2.41. The summed E-state index contributed by atoms with van der Waals surface area (Å²) in [5.41, 5.74) is 1.14. The van der Waals surface area contributed by atoms with Gasteiger partial charge in [-0.1, -0.05) is 0 Å². The minimum absolute atomic E-state index is 0.0591. The monoisotopic (exact) mass is 221 g/mol. The second-order valence-corrected chi connectivity index (χ2v) is 4.70. The van der Waals surface area contributed by atoms with Crippen LogP contribution in [-0.2, 0) is 7.05 Å². The predicted octanol–water partition coefficient (Wildman–Crippen LogP) is 1.72. The SMILES string of the molecule is Cc1cc(C(=O)c2nncn2C)sc1C. The summed E-state index contributed by atoms with van der Waals surface area (Å²) in [6.07, 6.45) is 1.53. The highest BCUT2D eigenvalue weighted by atomic mass is 32.1. The van der Waals surface area contributed by atoms with Crippen molar-refractivity contribution in [1.29, 1.82) is 0 Å². The van der Waals surface area contributed by atoms with E-state index in [0.29, 0.717) is 5.82 Å². The fourth-order valence-electron chi connectivity index (χ4n) is 1.28. The van der Waals surface area contributed by atoms with Crippen LogP contribution in [0.1, 0.15) is 25.9 Å². The van der Waals surface area contributed by atoms with E-state index in [2.05, 4.69) is 10.2 Å². The molecule has 0 amide bonds. The summed E-state index contributed by atoms with van der Waals surface area (Å²) in [5, 5.41) is 7.50. The van der Waals surface area contributed by atoms with Crippen molar-refractivity contribution in [3.05, 3.63) is 33.5 Å². The Hall–Kier alpha value is -1.49. The summed E-state index contributed by atoms with van der Waals surface area (Å²) in [6, 6.07) is 1.90. The summed E-state index contributed by atoms with van der Waals surface area (Å²) < 4.78 is 1.63. The molecule has 0 atom stereocenters. The Kier molecular flexibility index (Phi) is 2.40. The number of hydrogen-bond acceptors (Lipinski definition) is 4. The molecule has 5 heteroatoms. The van der Waals surface area contributed by atoms with Crippen LogP contribution in [-0.4, -0.2) is 20.5 Å². The van der Waals surface area contributed by atoms with Gasteiger partial charge in [-0.2, -0.15) is 0 Å². The maximum Gasteiger partial charge on any atom is 0.240 e. The maximum absolute atomic E-state index is 12.0. The summed E-state index contributed by atoms with van der Waals surface area (Å²) in [4.78, 5) is 13.9. The number of rotatable bonds is 2. The third kappa shape index (κ3) is 1.70. The molecule has 0 spiro atoms. The van der Waals surface area contributed by atoms with Crippen LogP contribution in [0, 0.1) is 13.8 Å². The molecule has 2 rings (SSSR count). The molecule has 0 radical (unpaired) electrons. The van der Waals surface area contributed by atoms with E-state index in [-0.39, 0.29) is 5.78 Å². The van der Waals surface area contributed by atoms with E-state index >= 15 is 0 Å². The molecular formula is C10H11N3OS. The number of hydrogen-bond donors (Lipinski definition) is 0. The Morgan fingerprint density at radius 2 is 2.20 bits per heavy atom. The van der Waals surface area contributed by atoms with Crippen molar-refractivity contribution in [1.82, 2.24) is 14.8 Å². The summed E-state index contributed by atoms with van der Waals surface area (Å²) >= 11 is 1.50. The Morgan fingerprint density at radius 1 is 1.47 bits per heavy atom. The van der Waals surface area contributed by atoms with Crippen molar-refractivity contribution in [2.45, 2.75) is 13.8 Å². The zero-order chi connectivity index (χ0) is 11.0. The summed E-state index contributed by atoms with van der Waals surface area (Å²) in [7, 11) is 1.76. The first-order valence-corrected chi connectivity index (χ1v) is 5.37. The largest absolute Gasteiger partial charge is 0.314 e. The highest BCUT2D eigenvalue weighted by Gasteiger charge is 2.17. The van der Waals surface area contributed by atoms with Crippen LogP contribution in [0.25, 0.3) is 0 Å². The molecule has 0 saturated heterocycles. The zero-order valence-corrected chi connectivity index (χ0v) is 9.63. The van der Waals surface area contributed by atoms with Crippen molar-refractivity contribution >= 4 is 17.1 Å². The standard InChI is InChI=1S/C10H11N3OS/c1-6-4-8(15-7(6)2)9(14)10-12-11-5-13(10)3/h4-5H,1-3H3. The van der Waals surface area contributed by atoms with E-state index in [1.165, 1.54) is 22.5 Å². The van der Waals surface area contributed by atoms with Gasteiger partial charge >= 0.3 is 0 Å². The fraction of sp³-hybridized carbons (Fsp3) is 0.300. The molecule has 0 saturated carbocycles. The van der Waals surface area contributed by atoms with Gasteiger partial charge in [-0.15, -0.1) is 21.5 Å². The molecule has 0 aliphatic rings. The van der Waals surface area contributed by atoms with Crippen molar-refractivity contribution in [3.8, 4) is 0 Å². The topological polar surface area (TPSA) is 47.8 Å². The van der Waals surface area contributed by atoms with Gasteiger partial charge in [0.25, 0.3) is 0 Å². The molecule has 0 aromatic carbocycles. The van der Waals surface area contributed by atoms with E-state index in [0.717, 1.165) is 10.4 Å². The van der Waals surface area contributed by atoms with Crippen LogP contribution < -0.4 is 0 Å². The number of nitrogens with zero attached hydrogens (tertiary/aromatic N) is 3. The van der Waals surface area contributed by atoms with Crippen molar-refractivity contribution in [2.75, 3.05) is 0 Å². The first-order valence-electron chi connectivity index (χ1n) is 4.55. The molecule has 78 valence electrons. The van der Waals surface area contributed by atoms with Gasteiger partial charge in [0.1, 0.15) is 6.33 Å². The highest BCUT2D eigenvalue weighted by molar-refractivity contribution is 7.14. The number of thiophene rings is 1. The fourth-order valence-corrected chi connectivity index (χ4v) is 2.25. The van der Waals surface area contributed by atoms with E-state index in [1.54, 1.807) is 11.6 Å². The molecule has 0 N–H and O–H groups in total. The van der Waals surface area contributed by atoms with Crippen molar-refractivity contribution in [2.24, 2.45) is 7.05 Å². The molecular weight excluding hydrogens is 210 g/mol. The van der Waals surface area contributed by atoms with Crippen LogP contribution >= 0.6 is 11.3 Å². The molecule has 2 heterocycles. The number of aromatic nitrogens is 3. The smallest absolute Gasteiger partial charge is 0.240 e. The molecule has 2 aromatic rings. The second-order valence-electron chi connectivity index (χ2n) is 3.44. The Morgan fingerprint density at radius 3 is 2.67 bits per heavy atom. The minimum atomic E-state index is -0.0591. The average molecular weight is 221 g/mol. The third-order valence-electron chi connectivity index (χ3n) is 2.30. The molecule has 0 aliphatic carbocycles. The van der Waals surface area contributed by atoms with Crippen LogP contribution in [0.4, 0.5) is 0 Å². The third-order valence-corrected chi connectivity index (χ3v) is 3.46. The first-order chi connectivity index (χ1) is 7.09. The quantitative estimate of drug-likeness (QED) is 0.725. The van der Waals surface area contributed by atoms with Gasteiger partial charge in [0.2, 0.25) is 11.6 Å². The average Bonchev–Trinajstić information content (AvgIpc) is 2.74. The molecule has 4 nitrogen and oxygen atoms in total. The molecule has 0 bridgehead atoms. The van der Waals surface area contributed by atoms with Gasteiger partial charge in [-0.25, -0.2) is 0 Å². The Bertz CT molecular complexity index is 493. The van der Waals surface area contributed by atoms with Crippen LogP contribution in [0.2, 0.25) is 0 Å². The summed E-state index contributed by atoms with van der Waals surface area (Å²) in [6.45, 7) is 4.01. The second kappa shape index (κ2) is 3.58. The van der Waals surface area contributed by atoms with Crippen molar-refractivity contribution < 1.29 is 4.79 Å². The van der Waals surface area contributed by atoms with Gasteiger partial charge in [0.15, 0.2) is 0 Å². The number of aryl methyl sites for hydroxylation is 3. The van der Waals surface area contributed by atoms with Crippen LogP contribution in [0.15, 0.2) is 12.4 Å². The van der Waals surface area contributed by atoms with Gasteiger partial charge in [-0.05, 0) is 25.5 Å². The zero-order valence-electron chi connectivity index (χ0n) is 8.81. The van der Waals surface area contributed by atoms with Gasteiger partial charge in [0.05, 0.1) is 4.88 Å². The van der Waals surface area contributed by atoms with Gasteiger partial charge in [0, 0.05) is 11.9 Å². The normalized spacial score (nSPS) is 10.6. The molecule has 0 aliphatic heterocycles. The number of ketones is 1. The van der Waals surface area contributed by atoms with E-state index in [9.17, 15) is 4.79 Å². The maximum atomic E-state index is 12.0. The van der Waals surface area contributed by atoms with Crippen LogP contribution in [0.3, 0.4) is 0 Å². The van der Waals surface area contributed by atoms with Gasteiger partial charge in [-0.3, -0.25) is 4.79 Å². The number of carbonyl (C=O) groups excluding carboxylic acids is 1. The molecule has 15 heavy (non-hydrogen) atoms. The lowest BCUT2D eigenvalue weighted by molar-refractivity contribution is 0.103. The van der Waals surface area contributed by atoms with E-state index in [1.807, 2.05) is 19.9 Å². The lowest BCUT2D eigenvalue weighted by atomic mass is 10.2. The Labute approximate surface area is 91.6 Å². The van der Waals surface area contributed by atoms with Crippen molar-refractivity contribution in [3.63, 3.8) is 0 Å². The minimum Gasteiger partial charge on any atom is -0.314 e.